The van der Waals surface area contributed by atoms with Crippen molar-refractivity contribution in [2.45, 2.75) is 12.5 Å². The minimum absolute atomic E-state index is 0.0175. The molecule has 7 nitrogen and oxygen atoms in total. The third-order valence-electron chi connectivity index (χ3n) is 3.22. The highest BCUT2D eigenvalue weighted by atomic mass is 16.5. The number of rotatable bonds is 8. The topological polar surface area (TPSA) is 73.9 Å². The highest BCUT2D eigenvalue weighted by Gasteiger charge is 2.29. The van der Waals surface area contributed by atoms with E-state index in [2.05, 4.69) is 10.6 Å². The molecule has 7 heteroatoms. The normalized spacial score (nSPS) is 19.5. The molecule has 1 fully saturated rings. The van der Waals surface area contributed by atoms with Gasteiger partial charge >= 0.3 is 0 Å². The zero-order valence-corrected chi connectivity index (χ0v) is 12.6. The quantitative estimate of drug-likeness (QED) is 0.568. The Morgan fingerprint density at radius 2 is 2.30 bits per heavy atom. The smallest absolute Gasteiger partial charge is 0.240 e. The molecule has 20 heavy (non-hydrogen) atoms. The van der Waals surface area contributed by atoms with Crippen LogP contribution in [0, 0.1) is 0 Å². The number of nitrogens with zero attached hydrogens (tertiary/aromatic N) is 2. The van der Waals surface area contributed by atoms with Crippen molar-refractivity contribution in [2.75, 3.05) is 60.5 Å². The maximum Gasteiger partial charge on any atom is 0.240 e. The molecule has 0 aromatic rings. The van der Waals surface area contributed by atoms with Crippen molar-refractivity contribution < 1.29 is 14.3 Å². The maximum absolute atomic E-state index is 12.2. The van der Waals surface area contributed by atoms with Crippen LogP contribution in [0.2, 0.25) is 0 Å². The largest absolute Gasteiger partial charge is 0.383 e. The highest BCUT2D eigenvalue weighted by molar-refractivity contribution is 5.88. The fraction of sp³-hybridized carbons (Fsp3) is 0.846. The summed E-state index contributed by atoms with van der Waals surface area (Å²) in [5, 5.41) is 5.93. The zero-order chi connectivity index (χ0) is 15.0. The van der Waals surface area contributed by atoms with Gasteiger partial charge in [-0.25, -0.2) is 0 Å². The fourth-order valence-electron chi connectivity index (χ4n) is 2.05. The summed E-state index contributed by atoms with van der Waals surface area (Å²) in [5.74, 6) is -0.109. The molecular weight excluding hydrogens is 260 g/mol. The van der Waals surface area contributed by atoms with Gasteiger partial charge in [-0.2, -0.15) is 0 Å². The van der Waals surface area contributed by atoms with Gasteiger partial charge in [0.2, 0.25) is 11.8 Å². The van der Waals surface area contributed by atoms with E-state index in [-0.39, 0.29) is 18.2 Å². The third-order valence-corrected chi connectivity index (χ3v) is 3.22. The third kappa shape index (κ3) is 5.85. The molecule has 2 amide bonds. The van der Waals surface area contributed by atoms with E-state index in [1.807, 2.05) is 19.0 Å². The summed E-state index contributed by atoms with van der Waals surface area (Å²) in [5.41, 5.74) is 0. The molecule has 0 saturated carbocycles. The fourth-order valence-corrected chi connectivity index (χ4v) is 2.05. The second-order valence-corrected chi connectivity index (χ2v) is 5.18. The molecule has 1 atom stereocenters. The molecular formula is C13H26N4O3. The average Bonchev–Trinajstić information content (AvgIpc) is 2.39. The average molecular weight is 286 g/mol. The summed E-state index contributed by atoms with van der Waals surface area (Å²) in [6, 6.07) is -0.417. The Kier molecular flexibility index (Phi) is 7.50. The van der Waals surface area contributed by atoms with E-state index in [1.54, 1.807) is 12.0 Å². The number of carbonyl (C=O) groups excluding carboxylic acids is 2. The first kappa shape index (κ1) is 16.9. The molecule has 1 heterocycles. The minimum Gasteiger partial charge on any atom is -0.383 e. The molecule has 2 N–H and O–H groups in total. The van der Waals surface area contributed by atoms with Crippen LogP contribution in [0.3, 0.4) is 0 Å². The lowest BCUT2D eigenvalue weighted by Gasteiger charge is -2.32. The second kappa shape index (κ2) is 8.89. The van der Waals surface area contributed by atoms with Crippen molar-refractivity contribution in [3.63, 3.8) is 0 Å². The number of carbonyl (C=O) groups is 2. The molecule has 1 aliphatic rings. The number of nitrogens with one attached hydrogen (secondary N) is 2. The number of amides is 2. The van der Waals surface area contributed by atoms with Crippen LogP contribution >= 0.6 is 0 Å². The SMILES string of the molecule is COCCN1CCNC(CC(=O)NCCN(C)C)C1=O. The summed E-state index contributed by atoms with van der Waals surface area (Å²) in [4.78, 5) is 27.7. The molecule has 0 aliphatic carbocycles. The standard InChI is InChI=1S/C13H26N4O3/c1-16(2)6-4-15-12(18)10-11-13(19)17(7-5-14-11)8-9-20-3/h11,14H,4-10H2,1-3H3,(H,15,18). The van der Waals surface area contributed by atoms with Crippen LogP contribution in [0.1, 0.15) is 6.42 Å². The van der Waals surface area contributed by atoms with Crippen molar-refractivity contribution in [3.8, 4) is 0 Å². The van der Waals surface area contributed by atoms with E-state index in [4.69, 9.17) is 4.74 Å². The number of methoxy groups -OCH3 is 1. The molecule has 0 radical (unpaired) electrons. The van der Waals surface area contributed by atoms with Crippen LogP contribution in [0.25, 0.3) is 0 Å². The van der Waals surface area contributed by atoms with Crippen LogP contribution in [0.4, 0.5) is 0 Å². The molecule has 0 aromatic heterocycles. The Morgan fingerprint density at radius 3 is 2.95 bits per heavy atom. The predicted molar refractivity (Wildman–Crippen MR) is 76.4 cm³/mol. The van der Waals surface area contributed by atoms with Crippen molar-refractivity contribution in [2.24, 2.45) is 0 Å². The predicted octanol–water partition coefficient (Wildman–Crippen LogP) is -1.50. The molecule has 1 unspecified atom stereocenters. The number of likely N-dealkylation sites (N-methyl/N-ethyl adjacent to an activating group) is 1. The minimum atomic E-state index is -0.417. The van der Waals surface area contributed by atoms with Crippen molar-refractivity contribution in [1.29, 1.82) is 0 Å². The zero-order valence-electron chi connectivity index (χ0n) is 12.6. The summed E-state index contributed by atoms with van der Waals surface area (Å²) in [7, 11) is 5.51. The summed E-state index contributed by atoms with van der Waals surface area (Å²) < 4.78 is 4.99. The van der Waals surface area contributed by atoms with Gasteiger partial charge in [0.1, 0.15) is 0 Å². The van der Waals surface area contributed by atoms with Gasteiger partial charge in [-0.1, -0.05) is 0 Å². The lowest BCUT2D eigenvalue weighted by Crippen LogP contribution is -2.56. The molecule has 1 rings (SSSR count). The van der Waals surface area contributed by atoms with Crippen molar-refractivity contribution in [3.05, 3.63) is 0 Å². The molecule has 0 bridgehead atoms. The summed E-state index contributed by atoms with van der Waals surface area (Å²) in [6.07, 6.45) is 0.190. The molecule has 1 aliphatic heterocycles. The van der Waals surface area contributed by atoms with Gasteiger partial charge in [0.05, 0.1) is 19.1 Å². The summed E-state index contributed by atoms with van der Waals surface area (Å²) >= 11 is 0. The Hall–Kier alpha value is -1.18. The van der Waals surface area contributed by atoms with Gasteiger partial charge in [0.25, 0.3) is 0 Å². The van der Waals surface area contributed by atoms with E-state index < -0.39 is 6.04 Å². The maximum atomic E-state index is 12.2. The monoisotopic (exact) mass is 286 g/mol. The van der Waals surface area contributed by atoms with Crippen LogP contribution < -0.4 is 10.6 Å². The van der Waals surface area contributed by atoms with Gasteiger partial charge in [-0.05, 0) is 14.1 Å². The van der Waals surface area contributed by atoms with Gasteiger partial charge in [0.15, 0.2) is 0 Å². The Bertz CT molecular complexity index is 323. The molecule has 0 aromatic carbocycles. The lowest BCUT2D eigenvalue weighted by molar-refractivity contribution is -0.138. The van der Waals surface area contributed by atoms with Gasteiger partial charge in [-0.15, -0.1) is 0 Å². The number of hydrogen-bond donors (Lipinski definition) is 2. The van der Waals surface area contributed by atoms with Gasteiger partial charge in [0, 0.05) is 39.8 Å². The van der Waals surface area contributed by atoms with E-state index in [9.17, 15) is 9.59 Å². The number of ether oxygens (including phenoxy) is 1. The van der Waals surface area contributed by atoms with Crippen LogP contribution in [0.15, 0.2) is 0 Å². The van der Waals surface area contributed by atoms with Gasteiger partial charge < -0.3 is 25.2 Å². The van der Waals surface area contributed by atoms with Crippen LogP contribution in [-0.2, 0) is 14.3 Å². The van der Waals surface area contributed by atoms with E-state index in [0.717, 1.165) is 6.54 Å². The lowest BCUT2D eigenvalue weighted by atomic mass is 10.1. The van der Waals surface area contributed by atoms with E-state index >= 15 is 0 Å². The Labute approximate surface area is 120 Å². The highest BCUT2D eigenvalue weighted by Crippen LogP contribution is 2.05. The van der Waals surface area contributed by atoms with Crippen LogP contribution in [-0.4, -0.2) is 88.2 Å². The first-order valence-corrected chi connectivity index (χ1v) is 6.97. The first-order chi connectivity index (χ1) is 9.54. The Balaban J connectivity index is 2.34. The molecule has 1 saturated heterocycles. The van der Waals surface area contributed by atoms with E-state index in [1.165, 1.54) is 0 Å². The number of piperazine rings is 1. The van der Waals surface area contributed by atoms with E-state index in [0.29, 0.717) is 32.8 Å². The van der Waals surface area contributed by atoms with Gasteiger partial charge in [-0.3, -0.25) is 9.59 Å². The molecule has 116 valence electrons. The van der Waals surface area contributed by atoms with Crippen molar-refractivity contribution >= 4 is 11.8 Å². The Morgan fingerprint density at radius 1 is 1.55 bits per heavy atom. The van der Waals surface area contributed by atoms with Crippen molar-refractivity contribution in [1.82, 2.24) is 20.4 Å². The number of hydrogen-bond acceptors (Lipinski definition) is 5. The first-order valence-electron chi connectivity index (χ1n) is 6.97. The molecule has 0 spiro atoms. The second-order valence-electron chi connectivity index (χ2n) is 5.18. The summed E-state index contributed by atoms with van der Waals surface area (Å²) in [6.45, 7) is 3.87. The van der Waals surface area contributed by atoms with Crippen LogP contribution in [0.5, 0.6) is 0 Å².